The van der Waals surface area contributed by atoms with E-state index in [2.05, 4.69) is 5.43 Å². The van der Waals surface area contributed by atoms with Gasteiger partial charge in [0.2, 0.25) is 5.91 Å². The van der Waals surface area contributed by atoms with Gasteiger partial charge in [-0.1, -0.05) is 13.3 Å². The molecule has 1 fully saturated rings. The number of hydrazine groups is 1. The molecule has 1 aromatic rings. The molecule has 1 aliphatic heterocycles. The zero-order valence-corrected chi connectivity index (χ0v) is 12.4. The van der Waals surface area contributed by atoms with Crippen molar-refractivity contribution in [2.24, 2.45) is 0 Å². The van der Waals surface area contributed by atoms with Crippen LogP contribution in [0.1, 0.15) is 31.7 Å². The minimum Gasteiger partial charge on any atom is -0.288 e. The van der Waals surface area contributed by atoms with Gasteiger partial charge >= 0.3 is 6.18 Å². The van der Waals surface area contributed by atoms with Crippen LogP contribution in [0.5, 0.6) is 0 Å². The van der Waals surface area contributed by atoms with Gasteiger partial charge < -0.3 is 0 Å². The largest absolute Gasteiger partial charge is 0.412 e. The molecule has 0 bridgehead atoms. The molecular weight excluding hydrogens is 315 g/mol. The lowest BCUT2D eigenvalue weighted by atomic mass is 9.84. The molecule has 0 radical (unpaired) electrons. The number of hydrogen-bond donors (Lipinski definition) is 1. The van der Waals surface area contributed by atoms with E-state index in [1.807, 2.05) is 0 Å². The molecule has 6 nitrogen and oxygen atoms in total. The molecule has 23 heavy (non-hydrogen) atoms. The highest BCUT2D eigenvalue weighted by Gasteiger charge is 2.60. The number of amides is 1. The monoisotopic (exact) mass is 331 g/mol. The van der Waals surface area contributed by atoms with Gasteiger partial charge in [-0.15, -0.1) is 0 Å². The van der Waals surface area contributed by atoms with Crippen LogP contribution >= 0.6 is 0 Å². The van der Waals surface area contributed by atoms with Crippen molar-refractivity contribution in [1.29, 1.82) is 0 Å². The van der Waals surface area contributed by atoms with Crippen LogP contribution in [0.25, 0.3) is 0 Å². The van der Waals surface area contributed by atoms with Gasteiger partial charge in [0, 0.05) is 25.1 Å². The number of rotatable bonds is 5. The van der Waals surface area contributed by atoms with Crippen LogP contribution in [0.4, 0.5) is 18.9 Å². The molecule has 0 spiro atoms. The number of carbonyl (C=O) groups excluding carboxylic acids is 1. The molecule has 1 N–H and O–H groups in total. The van der Waals surface area contributed by atoms with E-state index in [4.69, 9.17) is 0 Å². The summed E-state index contributed by atoms with van der Waals surface area (Å²) in [5.74, 6) is -0.475. The first-order valence-electron chi connectivity index (χ1n) is 7.11. The summed E-state index contributed by atoms with van der Waals surface area (Å²) in [6.45, 7) is 1.54. The van der Waals surface area contributed by atoms with Crippen LogP contribution in [0.15, 0.2) is 24.3 Å². The van der Waals surface area contributed by atoms with E-state index < -0.39 is 22.5 Å². The Hall–Kier alpha value is -2.16. The number of alkyl halides is 3. The fourth-order valence-corrected chi connectivity index (χ4v) is 2.88. The zero-order valence-electron chi connectivity index (χ0n) is 12.4. The van der Waals surface area contributed by atoms with Gasteiger partial charge in [-0.25, -0.2) is 5.01 Å². The fraction of sp³-hybridized carbons (Fsp3) is 0.500. The molecule has 1 heterocycles. The SMILES string of the molecule is CCC[C@@](c1ccc([N+](=O)[O-])cc1)(N1CCC(=O)N1)C(F)(F)F. The van der Waals surface area contributed by atoms with E-state index >= 15 is 0 Å². The number of nitrogens with zero attached hydrogens (tertiary/aromatic N) is 2. The number of hydrogen-bond acceptors (Lipinski definition) is 4. The minimum absolute atomic E-state index is 0.0193. The Morgan fingerprint density at radius 1 is 1.30 bits per heavy atom. The lowest BCUT2D eigenvalue weighted by molar-refractivity contribution is -0.384. The molecular formula is C14H16F3N3O3. The third kappa shape index (κ3) is 3.00. The van der Waals surface area contributed by atoms with Crippen molar-refractivity contribution < 1.29 is 22.9 Å². The number of halogens is 3. The Labute approximate surface area is 130 Å². The highest BCUT2D eigenvalue weighted by molar-refractivity contribution is 5.77. The first-order chi connectivity index (χ1) is 10.7. The summed E-state index contributed by atoms with van der Waals surface area (Å²) in [4.78, 5) is 21.4. The first-order valence-corrected chi connectivity index (χ1v) is 7.11. The summed E-state index contributed by atoms with van der Waals surface area (Å²) in [5, 5.41) is 11.6. The third-order valence-corrected chi connectivity index (χ3v) is 3.92. The predicted molar refractivity (Wildman–Crippen MR) is 75.2 cm³/mol. The van der Waals surface area contributed by atoms with E-state index in [9.17, 15) is 28.1 Å². The van der Waals surface area contributed by atoms with Crippen molar-refractivity contribution in [3.63, 3.8) is 0 Å². The Morgan fingerprint density at radius 2 is 1.91 bits per heavy atom. The van der Waals surface area contributed by atoms with Gasteiger partial charge in [0.05, 0.1) is 4.92 Å². The Bertz CT molecular complexity index is 604. The Balaban J connectivity index is 2.55. The molecule has 2 rings (SSSR count). The highest BCUT2D eigenvalue weighted by Crippen LogP contribution is 2.47. The zero-order chi connectivity index (χ0) is 17.3. The molecule has 0 saturated carbocycles. The maximum atomic E-state index is 14.0. The van der Waals surface area contributed by atoms with Crippen molar-refractivity contribution in [3.8, 4) is 0 Å². The van der Waals surface area contributed by atoms with Crippen molar-refractivity contribution in [3.05, 3.63) is 39.9 Å². The normalized spacial score (nSPS) is 18.5. The summed E-state index contributed by atoms with van der Waals surface area (Å²) in [7, 11) is 0. The second-order valence-electron chi connectivity index (χ2n) is 5.35. The molecule has 1 aromatic carbocycles. The highest BCUT2D eigenvalue weighted by atomic mass is 19.4. The molecule has 0 aliphatic carbocycles. The van der Waals surface area contributed by atoms with Crippen molar-refractivity contribution in [1.82, 2.24) is 10.4 Å². The quantitative estimate of drug-likeness (QED) is 0.665. The Kier molecular flexibility index (Phi) is 4.60. The van der Waals surface area contributed by atoms with E-state index in [1.54, 1.807) is 6.92 Å². The van der Waals surface area contributed by atoms with Crippen LogP contribution < -0.4 is 5.43 Å². The molecule has 1 aliphatic rings. The van der Waals surface area contributed by atoms with Crippen molar-refractivity contribution >= 4 is 11.6 Å². The number of nitrogens with one attached hydrogen (secondary N) is 1. The van der Waals surface area contributed by atoms with Gasteiger partial charge in [0.15, 0.2) is 5.54 Å². The van der Waals surface area contributed by atoms with Gasteiger partial charge in [-0.05, 0) is 24.1 Å². The molecule has 0 aromatic heterocycles. The molecule has 1 amide bonds. The van der Waals surface area contributed by atoms with Crippen LogP contribution in [0, 0.1) is 10.1 Å². The number of nitro groups is 1. The number of non-ortho nitro benzene ring substituents is 1. The van der Waals surface area contributed by atoms with Crippen molar-refractivity contribution in [2.45, 2.75) is 37.9 Å². The summed E-state index contributed by atoms with van der Waals surface area (Å²) < 4.78 is 41.9. The lowest BCUT2D eigenvalue weighted by Crippen LogP contribution is -2.59. The average Bonchev–Trinajstić information content (AvgIpc) is 2.90. The fourth-order valence-electron chi connectivity index (χ4n) is 2.88. The smallest absolute Gasteiger partial charge is 0.288 e. The molecule has 126 valence electrons. The summed E-state index contributed by atoms with van der Waals surface area (Å²) in [6.07, 6.45) is -4.72. The van der Waals surface area contributed by atoms with E-state index in [0.29, 0.717) is 0 Å². The standard InChI is InChI=1S/C14H16F3N3O3/c1-2-8-13(14(15,16)17,19-9-7-12(21)18-19)10-3-5-11(6-4-10)20(22)23/h3-6H,2,7-9H2,1H3,(H,18,21)/t13-/m0/s1. The molecule has 9 heteroatoms. The topological polar surface area (TPSA) is 75.5 Å². The van der Waals surface area contributed by atoms with Gasteiger partial charge in [0.1, 0.15) is 0 Å². The van der Waals surface area contributed by atoms with Crippen LogP contribution in [-0.2, 0) is 10.3 Å². The average molecular weight is 331 g/mol. The minimum atomic E-state index is -4.66. The lowest BCUT2D eigenvalue weighted by Gasteiger charge is -2.42. The van der Waals surface area contributed by atoms with Gasteiger partial charge in [-0.3, -0.25) is 20.3 Å². The Morgan fingerprint density at radius 3 is 2.30 bits per heavy atom. The summed E-state index contributed by atoms with van der Waals surface area (Å²) >= 11 is 0. The molecule has 1 atom stereocenters. The van der Waals surface area contributed by atoms with Crippen LogP contribution in [-0.4, -0.2) is 28.6 Å². The van der Waals surface area contributed by atoms with Gasteiger partial charge in [-0.2, -0.15) is 13.2 Å². The van der Waals surface area contributed by atoms with Crippen LogP contribution in [0.3, 0.4) is 0 Å². The molecule has 0 unspecified atom stereocenters. The van der Waals surface area contributed by atoms with Crippen LogP contribution in [0.2, 0.25) is 0 Å². The molecule has 1 saturated heterocycles. The summed E-state index contributed by atoms with van der Waals surface area (Å²) in [6, 6.07) is 4.30. The van der Waals surface area contributed by atoms with Crippen molar-refractivity contribution in [2.75, 3.05) is 6.54 Å². The predicted octanol–water partition coefficient (Wildman–Crippen LogP) is 2.89. The second kappa shape index (κ2) is 6.15. The maximum Gasteiger partial charge on any atom is 0.412 e. The maximum absolute atomic E-state index is 14.0. The number of nitro benzene ring substituents is 1. The summed E-state index contributed by atoms with van der Waals surface area (Å²) in [5.41, 5.74) is -0.548. The first kappa shape index (κ1) is 17.2. The number of benzene rings is 1. The third-order valence-electron chi connectivity index (χ3n) is 3.92. The van der Waals surface area contributed by atoms with E-state index in [0.717, 1.165) is 29.3 Å². The second-order valence-corrected chi connectivity index (χ2v) is 5.35. The van der Waals surface area contributed by atoms with Gasteiger partial charge in [0.25, 0.3) is 5.69 Å². The van der Waals surface area contributed by atoms with E-state index in [1.165, 1.54) is 0 Å². The van der Waals surface area contributed by atoms with E-state index in [-0.39, 0.29) is 37.1 Å². The number of carbonyl (C=O) groups is 1.